The smallest absolute Gasteiger partial charge is 0.338 e. The number of fused-ring (bicyclic) bond motifs is 5. The molecule has 0 spiro atoms. The third-order valence-corrected chi connectivity index (χ3v) is 8.16. The van der Waals surface area contributed by atoms with Crippen LogP contribution in [-0.2, 0) is 19.1 Å². The van der Waals surface area contributed by atoms with E-state index in [1.54, 1.807) is 31.2 Å². The van der Waals surface area contributed by atoms with Gasteiger partial charge in [0.15, 0.2) is 6.61 Å². The summed E-state index contributed by atoms with van der Waals surface area (Å²) in [6.45, 7) is 1.29. The van der Waals surface area contributed by atoms with Gasteiger partial charge in [-0.1, -0.05) is 23.8 Å². The molecule has 2 fully saturated rings. The fraction of sp³-hybridized carbons (Fsp3) is 0.280. The van der Waals surface area contributed by atoms with Crippen molar-refractivity contribution in [1.29, 1.82) is 0 Å². The summed E-state index contributed by atoms with van der Waals surface area (Å²) in [6, 6.07) is 9.47. The monoisotopic (exact) mass is 542 g/mol. The Morgan fingerprint density at radius 3 is 2.29 bits per heavy atom. The lowest BCUT2D eigenvalue weighted by Gasteiger charge is -2.17. The zero-order valence-corrected chi connectivity index (χ0v) is 20.4. The standard InChI is InChI=1S/C25H20BrClN2O5/c1-12-18(9-8-17(26)22(12)27)28-19(30)11-34-25(33)13-4-6-16(7-5-13)29-23(31)20-14-2-3-15(10-14)21(20)24(29)32/h2-9,14-15,20-21H,10-11H2,1H3,(H,28,30)/t14-,15-,20-,21+/m0/s1. The highest BCUT2D eigenvalue weighted by Gasteiger charge is 2.59. The van der Waals surface area contributed by atoms with Gasteiger partial charge < -0.3 is 10.1 Å². The normalized spacial score (nSPS) is 24.5. The summed E-state index contributed by atoms with van der Waals surface area (Å²) in [5.41, 5.74) is 1.85. The van der Waals surface area contributed by atoms with Crippen LogP contribution in [0, 0.1) is 30.6 Å². The van der Waals surface area contributed by atoms with E-state index in [9.17, 15) is 19.2 Å². The minimum atomic E-state index is -0.689. The number of allylic oxidation sites excluding steroid dienone is 2. The topological polar surface area (TPSA) is 92.8 Å². The van der Waals surface area contributed by atoms with Gasteiger partial charge in [0.1, 0.15) is 0 Å². The molecule has 0 aromatic heterocycles. The molecule has 2 aromatic carbocycles. The Hall–Kier alpha value is -2.97. The molecule has 3 amide bonds. The number of anilines is 2. The van der Waals surface area contributed by atoms with E-state index in [0.29, 0.717) is 26.4 Å². The molecule has 174 valence electrons. The molecule has 2 aliphatic carbocycles. The Morgan fingerprint density at radius 1 is 1.06 bits per heavy atom. The molecular weight excluding hydrogens is 524 g/mol. The number of halogens is 2. The molecule has 34 heavy (non-hydrogen) atoms. The van der Waals surface area contributed by atoms with E-state index in [0.717, 1.165) is 6.42 Å². The van der Waals surface area contributed by atoms with Crippen LogP contribution in [0.3, 0.4) is 0 Å². The van der Waals surface area contributed by atoms with E-state index in [4.69, 9.17) is 16.3 Å². The molecule has 2 bridgehead atoms. The summed E-state index contributed by atoms with van der Waals surface area (Å²) < 4.78 is 5.82. The number of benzene rings is 2. The largest absolute Gasteiger partial charge is 0.452 e. The van der Waals surface area contributed by atoms with Crippen molar-refractivity contribution in [3.8, 4) is 0 Å². The molecule has 0 radical (unpaired) electrons. The minimum Gasteiger partial charge on any atom is -0.452 e. The van der Waals surface area contributed by atoms with Crippen LogP contribution in [0.4, 0.5) is 11.4 Å². The van der Waals surface area contributed by atoms with Crippen LogP contribution in [0.2, 0.25) is 5.02 Å². The molecule has 0 unspecified atom stereocenters. The van der Waals surface area contributed by atoms with E-state index < -0.39 is 18.5 Å². The van der Waals surface area contributed by atoms with E-state index in [2.05, 4.69) is 21.2 Å². The van der Waals surface area contributed by atoms with Gasteiger partial charge in [0.2, 0.25) is 11.8 Å². The van der Waals surface area contributed by atoms with E-state index in [1.807, 2.05) is 12.2 Å². The molecule has 3 aliphatic rings. The van der Waals surface area contributed by atoms with Crippen LogP contribution in [0.1, 0.15) is 22.3 Å². The van der Waals surface area contributed by atoms with Crippen molar-refractivity contribution in [3.63, 3.8) is 0 Å². The average Bonchev–Trinajstić information content (AvgIpc) is 3.51. The number of esters is 1. The molecule has 2 aromatic rings. The summed E-state index contributed by atoms with van der Waals surface area (Å²) in [7, 11) is 0. The quantitative estimate of drug-likeness (QED) is 0.340. The summed E-state index contributed by atoms with van der Waals surface area (Å²) in [6.07, 6.45) is 4.96. The Kier molecular flexibility index (Phi) is 5.81. The maximum absolute atomic E-state index is 12.9. The lowest BCUT2D eigenvalue weighted by atomic mass is 9.85. The summed E-state index contributed by atoms with van der Waals surface area (Å²) in [5.74, 6) is -1.85. The summed E-state index contributed by atoms with van der Waals surface area (Å²) >= 11 is 9.48. The van der Waals surface area contributed by atoms with Crippen molar-refractivity contribution in [2.75, 3.05) is 16.8 Å². The van der Waals surface area contributed by atoms with E-state index in [-0.39, 0.29) is 41.0 Å². The number of amides is 3. The molecule has 1 saturated heterocycles. The number of rotatable bonds is 5. The molecule has 1 aliphatic heterocycles. The SMILES string of the molecule is Cc1c(NC(=O)COC(=O)c2ccc(N3C(=O)[C@@H]4[C@H](C3=O)[C@H]3C=C[C@H]4C3)cc2)ccc(Br)c1Cl. The average molecular weight is 544 g/mol. The summed E-state index contributed by atoms with van der Waals surface area (Å²) in [4.78, 5) is 51.7. The predicted molar refractivity (Wildman–Crippen MR) is 129 cm³/mol. The third kappa shape index (κ3) is 3.75. The Balaban J connectivity index is 1.20. The van der Waals surface area contributed by atoms with Crippen LogP contribution >= 0.6 is 27.5 Å². The van der Waals surface area contributed by atoms with Crippen LogP contribution < -0.4 is 10.2 Å². The van der Waals surface area contributed by atoms with Gasteiger partial charge in [0.25, 0.3) is 5.91 Å². The van der Waals surface area contributed by atoms with Gasteiger partial charge in [-0.25, -0.2) is 4.79 Å². The van der Waals surface area contributed by atoms with Crippen LogP contribution in [0.25, 0.3) is 0 Å². The first kappa shape index (κ1) is 22.8. The van der Waals surface area contributed by atoms with E-state index in [1.165, 1.54) is 17.0 Å². The van der Waals surface area contributed by atoms with Gasteiger partial charge in [0, 0.05) is 10.2 Å². The number of carbonyl (C=O) groups is 4. The zero-order valence-electron chi connectivity index (χ0n) is 18.1. The van der Waals surface area contributed by atoms with Crippen molar-refractivity contribution in [1.82, 2.24) is 0 Å². The number of carbonyl (C=O) groups excluding carboxylic acids is 4. The number of hydrogen-bond donors (Lipinski definition) is 1. The van der Waals surface area contributed by atoms with Gasteiger partial charge in [-0.15, -0.1) is 0 Å². The first-order valence-corrected chi connectivity index (χ1v) is 12.0. The lowest BCUT2D eigenvalue weighted by molar-refractivity contribution is -0.123. The van der Waals surface area contributed by atoms with Gasteiger partial charge in [0.05, 0.1) is 28.1 Å². The minimum absolute atomic E-state index is 0.133. The molecular formula is C25H20BrClN2O5. The Bertz CT molecular complexity index is 1230. The predicted octanol–water partition coefficient (Wildman–Crippen LogP) is 4.52. The number of hydrogen-bond acceptors (Lipinski definition) is 5. The molecule has 4 atom stereocenters. The van der Waals surface area contributed by atoms with Gasteiger partial charge >= 0.3 is 5.97 Å². The number of nitrogens with zero attached hydrogens (tertiary/aromatic N) is 1. The molecule has 1 saturated carbocycles. The Labute approximate surface area is 209 Å². The molecule has 1 heterocycles. The number of imide groups is 1. The zero-order chi connectivity index (χ0) is 24.1. The second kappa shape index (κ2) is 8.67. The van der Waals surface area contributed by atoms with Crippen molar-refractivity contribution < 1.29 is 23.9 Å². The molecule has 9 heteroatoms. The van der Waals surface area contributed by atoms with Crippen molar-refractivity contribution in [3.05, 3.63) is 69.2 Å². The second-order valence-electron chi connectivity index (χ2n) is 8.72. The fourth-order valence-electron chi connectivity index (χ4n) is 5.09. The first-order chi connectivity index (χ1) is 16.3. The summed E-state index contributed by atoms with van der Waals surface area (Å²) in [5, 5.41) is 3.15. The second-order valence-corrected chi connectivity index (χ2v) is 9.95. The van der Waals surface area contributed by atoms with Crippen LogP contribution in [0.15, 0.2) is 53.0 Å². The fourth-order valence-corrected chi connectivity index (χ4v) is 5.69. The van der Waals surface area contributed by atoms with Crippen molar-refractivity contribution in [2.24, 2.45) is 23.7 Å². The van der Waals surface area contributed by atoms with Crippen molar-refractivity contribution >= 4 is 62.6 Å². The lowest BCUT2D eigenvalue weighted by Crippen LogP contribution is -2.32. The van der Waals surface area contributed by atoms with Crippen LogP contribution in [-0.4, -0.2) is 30.3 Å². The highest BCUT2D eigenvalue weighted by atomic mass is 79.9. The first-order valence-electron chi connectivity index (χ1n) is 10.8. The highest BCUT2D eigenvalue weighted by molar-refractivity contribution is 9.10. The maximum atomic E-state index is 12.9. The van der Waals surface area contributed by atoms with Gasteiger partial charge in [-0.05, 0) is 83.1 Å². The van der Waals surface area contributed by atoms with Crippen molar-refractivity contribution in [2.45, 2.75) is 13.3 Å². The van der Waals surface area contributed by atoms with Gasteiger partial charge in [-0.3, -0.25) is 19.3 Å². The molecule has 5 rings (SSSR count). The van der Waals surface area contributed by atoms with Gasteiger partial charge in [-0.2, -0.15) is 0 Å². The number of nitrogens with one attached hydrogen (secondary N) is 1. The van der Waals surface area contributed by atoms with E-state index >= 15 is 0 Å². The molecule has 1 N–H and O–H groups in total. The van der Waals surface area contributed by atoms with Crippen LogP contribution in [0.5, 0.6) is 0 Å². The molecule has 7 nitrogen and oxygen atoms in total. The third-order valence-electron chi connectivity index (χ3n) is 6.78. The highest BCUT2D eigenvalue weighted by Crippen LogP contribution is 2.53. The number of ether oxygens (including phenoxy) is 1. The maximum Gasteiger partial charge on any atom is 0.338 e. The Morgan fingerprint density at radius 2 is 1.68 bits per heavy atom.